The molecule has 2 aliphatic heterocycles. The molecule has 3 aliphatic rings. The number of nitrogens with zero attached hydrogens (tertiary/aromatic N) is 4. The first-order valence-corrected chi connectivity index (χ1v) is 15.9. The molecule has 1 unspecified atom stereocenters. The Morgan fingerprint density at radius 2 is 1.61 bits per heavy atom. The number of aryl methyl sites for hydroxylation is 1. The van der Waals surface area contributed by atoms with Gasteiger partial charge >= 0.3 is 5.97 Å². The van der Waals surface area contributed by atoms with E-state index in [0.29, 0.717) is 17.8 Å². The second kappa shape index (κ2) is 12.9. The molecule has 1 saturated carbocycles. The summed E-state index contributed by atoms with van der Waals surface area (Å²) in [6.45, 7) is 4.95. The summed E-state index contributed by atoms with van der Waals surface area (Å²) in [6, 6.07) is 23.5. The third-order valence-corrected chi connectivity index (χ3v) is 10.2. The van der Waals surface area contributed by atoms with Gasteiger partial charge in [0.1, 0.15) is 6.04 Å². The molecule has 3 fully saturated rings. The van der Waals surface area contributed by atoms with Gasteiger partial charge in [0.2, 0.25) is 0 Å². The van der Waals surface area contributed by atoms with E-state index >= 15 is 0 Å². The van der Waals surface area contributed by atoms with Crippen molar-refractivity contribution < 1.29 is 9.90 Å². The standard InChI is InChI=1S/C35H46N4O2/c1-37-31(21-26-11-5-2-6-12-26)22-33(36-37)28-17-19-38(20-18-28)23-30-24-39(25-32(30)27-13-7-3-8-14-27)34(35(40)41)29-15-9-4-10-16-29/h2-3,5-8,11-14,22,28-30,32,34H,4,9-10,15-21,23-25H2,1H3,(H,40,41)/t30-,32?,34+/m0/s1. The first-order valence-electron chi connectivity index (χ1n) is 15.9. The Balaban J connectivity index is 1.10. The van der Waals surface area contributed by atoms with Crippen molar-refractivity contribution in [2.24, 2.45) is 18.9 Å². The van der Waals surface area contributed by atoms with Gasteiger partial charge in [-0.2, -0.15) is 5.10 Å². The van der Waals surface area contributed by atoms with E-state index in [4.69, 9.17) is 5.10 Å². The first-order chi connectivity index (χ1) is 20.0. The van der Waals surface area contributed by atoms with Crippen LogP contribution in [-0.2, 0) is 18.3 Å². The number of benzene rings is 2. The monoisotopic (exact) mass is 554 g/mol. The molecular formula is C35H46N4O2. The average molecular weight is 555 g/mol. The van der Waals surface area contributed by atoms with Crippen molar-refractivity contribution in [3.8, 4) is 0 Å². The van der Waals surface area contributed by atoms with Crippen LogP contribution in [0.5, 0.6) is 0 Å². The largest absolute Gasteiger partial charge is 0.480 e. The predicted octanol–water partition coefficient (Wildman–Crippen LogP) is 5.94. The number of piperidine rings is 1. The molecule has 2 saturated heterocycles. The van der Waals surface area contributed by atoms with Crippen LogP contribution in [0.4, 0.5) is 0 Å². The van der Waals surface area contributed by atoms with Crippen LogP contribution in [0.3, 0.4) is 0 Å². The minimum atomic E-state index is -0.618. The summed E-state index contributed by atoms with van der Waals surface area (Å²) in [7, 11) is 2.07. The smallest absolute Gasteiger partial charge is 0.321 e. The highest BCUT2D eigenvalue weighted by Crippen LogP contribution is 2.39. The molecule has 1 N–H and O–H groups in total. The maximum Gasteiger partial charge on any atom is 0.321 e. The van der Waals surface area contributed by atoms with Crippen LogP contribution in [0, 0.1) is 11.8 Å². The zero-order chi connectivity index (χ0) is 28.2. The fraction of sp³-hybridized carbons (Fsp3) is 0.543. The number of carboxylic acid groups (broad SMARTS) is 1. The fourth-order valence-corrected chi connectivity index (χ4v) is 7.94. The zero-order valence-corrected chi connectivity index (χ0v) is 24.6. The van der Waals surface area contributed by atoms with Crippen LogP contribution in [0.2, 0.25) is 0 Å². The van der Waals surface area contributed by atoms with E-state index in [2.05, 4.69) is 88.3 Å². The van der Waals surface area contributed by atoms with Crippen LogP contribution in [0.1, 0.15) is 79.3 Å². The van der Waals surface area contributed by atoms with Gasteiger partial charge in [-0.05, 0) is 67.8 Å². The lowest BCUT2D eigenvalue weighted by Gasteiger charge is -2.35. The SMILES string of the molecule is Cn1nc(C2CCN(C[C@H]3CN([C@@H](C(=O)O)C4CCCCC4)CC3c3ccccc3)CC2)cc1Cc1ccccc1. The summed E-state index contributed by atoms with van der Waals surface area (Å²) >= 11 is 0. The highest BCUT2D eigenvalue weighted by atomic mass is 16.4. The molecule has 0 bridgehead atoms. The number of rotatable bonds is 9. The number of aromatic nitrogens is 2. The van der Waals surface area contributed by atoms with Gasteiger partial charge in [-0.1, -0.05) is 79.9 Å². The van der Waals surface area contributed by atoms with Crippen LogP contribution in [0.25, 0.3) is 0 Å². The molecule has 6 rings (SSSR count). The van der Waals surface area contributed by atoms with Gasteiger partial charge in [-0.15, -0.1) is 0 Å². The summed E-state index contributed by atoms with van der Waals surface area (Å²) in [6.07, 6.45) is 8.90. The summed E-state index contributed by atoms with van der Waals surface area (Å²) in [5.74, 6) is 1.02. The third-order valence-electron chi connectivity index (χ3n) is 10.2. The van der Waals surface area contributed by atoms with Crippen LogP contribution < -0.4 is 0 Å². The minimum Gasteiger partial charge on any atom is -0.480 e. The molecule has 0 spiro atoms. The van der Waals surface area contributed by atoms with Crippen molar-refractivity contribution >= 4 is 5.97 Å². The maximum atomic E-state index is 12.6. The number of hydrogen-bond acceptors (Lipinski definition) is 4. The lowest BCUT2D eigenvalue weighted by Crippen LogP contribution is -2.46. The Morgan fingerprint density at radius 1 is 0.927 bits per heavy atom. The molecule has 41 heavy (non-hydrogen) atoms. The Morgan fingerprint density at radius 3 is 2.29 bits per heavy atom. The van der Waals surface area contributed by atoms with Crippen molar-refractivity contribution in [2.75, 3.05) is 32.7 Å². The molecule has 3 atom stereocenters. The molecule has 3 aromatic rings. The molecule has 6 nitrogen and oxygen atoms in total. The molecule has 0 radical (unpaired) electrons. The summed E-state index contributed by atoms with van der Waals surface area (Å²) < 4.78 is 2.07. The van der Waals surface area contributed by atoms with Crippen molar-refractivity contribution in [1.29, 1.82) is 0 Å². The van der Waals surface area contributed by atoms with E-state index in [0.717, 1.165) is 64.8 Å². The second-order valence-electron chi connectivity index (χ2n) is 12.8. The average Bonchev–Trinajstić information content (AvgIpc) is 3.58. The molecule has 218 valence electrons. The molecule has 6 heteroatoms. The summed E-state index contributed by atoms with van der Waals surface area (Å²) in [5.41, 5.74) is 5.20. The molecule has 3 heterocycles. The van der Waals surface area contributed by atoms with Crippen molar-refractivity contribution in [1.82, 2.24) is 19.6 Å². The van der Waals surface area contributed by atoms with Gasteiger partial charge in [0.05, 0.1) is 5.69 Å². The quantitative estimate of drug-likeness (QED) is 0.355. The van der Waals surface area contributed by atoms with Gasteiger partial charge in [-0.25, -0.2) is 0 Å². The van der Waals surface area contributed by atoms with E-state index in [1.54, 1.807) is 0 Å². The maximum absolute atomic E-state index is 12.6. The molecular weight excluding hydrogens is 508 g/mol. The fourth-order valence-electron chi connectivity index (χ4n) is 7.94. The number of hydrogen-bond donors (Lipinski definition) is 1. The van der Waals surface area contributed by atoms with E-state index < -0.39 is 5.97 Å². The van der Waals surface area contributed by atoms with Crippen molar-refractivity contribution in [2.45, 2.75) is 69.2 Å². The van der Waals surface area contributed by atoms with Crippen LogP contribution in [-0.4, -0.2) is 69.4 Å². The van der Waals surface area contributed by atoms with Crippen LogP contribution >= 0.6 is 0 Å². The Labute approximate surface area is 245 Å². The first kappa shape index (κ1) is 28.2. The lowest BCUT2D eigenvalue weighted by atomic mass is 9.83. The molecule has 1 aliphatic carbocycles. The highest BCUT2D eigenvalue weighted by molar-refractivity contribution is 5.74. The van der Waals surface area contributed by atoms with Crippen molar-refractivity contribution in [3.63, 3.8) is 0 Å². The minimum absolute atomic E-state index is 0.289. The topological polar surface area (TPSA) is 61.6 Å². The van der Waals surface area contributed by atoms with E-state index in [1.807, 2.05) is 0 Å². The predicted molar refractivity (Wildman–Crippen MR) is 163 cm³/mol. The Hall–Kier alpha value is -2.96. The highest BCUT2D eigenvalue weighted by Gasteiger charge is 2.43. The van der Waals surface area contributed by atoms with E-state index in [9.17, 15) is 9.90 Å². The normalized spacial score (nSPS) is 24.0. The molecule has 2 aromatic carbocycles. The second-order valence-corrected chi connectivity index (χ2v) is 12.8. The van der Waals surface area contributed by atoms with Gasteiger partial charge in [0.25, 0.3) is 0 Å². The van der Waals surface area contributed by atoms with Gasteiger partial charge in [0.15, 0.2) is 0 Å². The number of aliphatic carboxylic acids is 1. The Bertz CT molecular complexity index is 1260. The number of carbonyl (C=O) groups is 1. The van der Waals surface area contributed by atoms with Gasteiger partial charge < -0.3 is 10.0 Å². The summed E-state index contributed by atoms with van der Waals surface area (Å²) in [5, 5.41) is 15.3. The molecule has 0 amide bonds. The number of likely N-dealkylation sites (tertiary alicyclic amines) is 2. The van der Waals surface area contributed by atoms with Crippen molar-refractivity contribution in [3.05, 3.63) is 89.2 Å². The summed E-state index contributed by atoms with van der Waals surface area (Å²) in [4.78, 5) is 17.6. The molecule has 1 aromatic heterocycles. The van der Waals surface area contributed by atoms with Gasteiger partial charge in [0, 0.05) is 50.6 Å². The lowest BCUT2D eigenvalue weighted by molar-refractivity contribution is -0.145. The van der Waals surface area contributed by atoms with E-state index in [-0.39, 0.29) is 12.0 Å². The van der Waals surface area contributed by atoms with Gasteiger partial charge in [-0.3, -0.25) is 14.4 Å². The third kappa shape index (κ3) is 6.60. The van der Waals surface area contributed by atoms with E-state index in [1.165, 1.54) is 41.8 Å². The Kier molecular flexibility index (Phi) is 8.87. The number of carboxylic acids is 1. The zero-order valence-electron chi connectivity index (χ0n) is 24.6. The van der Waals surface area contributed by atoms with Crippen LogP contribution in [0.15, 0.2) is 66.7 Å².